The minimum absolute atomic E-state index is 0.756. The molecular weight excluding hydrogens is 206 g/mol. The average Bonchev–Trinajstić information content (AvgIpc) is 2.32. The highest BCUT2D eigenvalue weighted by atomic mass is 14.9. The van der Waals surface area contributed by atoms with Gasteiger partial charge >= 0.3 is 0 Å². The lowest BCUT2D eigenvalue weighted by Crippen LogP contribution is -2.34. The van der Waals surface area contributed by atoms with Crippen LogP contribution in [0.5, 0.6) is 0 Å². The molecule has 1 nitrogen and oxygen atoms in total. The molecule has 0 aromatic rings. The molecule has 0 heterocycles. The molecule has 0 radical (unpaired) electrons. The fourth-order valence-corrected chi connectivity index (χ4v) is 2.65. The zero-order valence-corrected chi connectivity index (χ0v) is 12.7. The summed E-state index contributed by atoms with van der Waals surface area (Å²) >= 11 is 0. The van der Waals surface area contributed by atoms with Gasteiger partial charge in [-0.05, 0) is 25.3 Å². The van der Waals surface area contributed by atoms with E-state index in [4.69, 9.17) is 0 Å². The molecule has 0 spiro atoms. The van der Waals surface area contributed by atoms with E-state index in [2.05, 4.69) is 33.0 Å². The van der Waals surface area contributed by atoms with E-state index in [0.717, 1.165) is 18.5 Å². The van der Waals surface area contributed by atoms with Crippen molar-refractivity contribution in [1.29, 1.82) is 0 Å². The fourth-order valence-electron chi connectivity index (χ4n) is 2.65. The molecule has 0 bridgehead atoms. The molecule has 2 unspecified atom stereocenters. The van der Waals surface area contributed by atoms with Crippen molar-refractivity contribution >= 4 is 0 Å². The van der Waals surface area contributed by atoms with Gasteiger partial charge in [-0.15, -0.1) is 0 Å². The van der Waals surface area contributed by atoms with E-state index in [0.29, 0.717) is 0 Å². The maximum atomic E-state index is 3.67. The van der Waals surface area contributed by atoms with E-state index in [1.165, 1.54) is 57.8 Å². The molecule has 0 saturated carbocycles. The van der Waals surface area contributed by atoms with Gasteiger partial charge in [-0.25, -0.2) is 0 Å². The summed E-state index contributed by atoms with van der Waals surface area (Å²) in [6.07, 6.45) is 12.6. The molecule has 0 aliphatic rings. The second-order valence-corrected chi connectivity index (χ2v) is 5.49. The molecule has 2 atom stereocenters. The van der Waals surface area contributed by atoms with Crippen molar-refractivity contribution < 1.29 is 0 Å². The first-order chi connectivity index (χ1) is 8.26. The lowest BCUT2D eigenvalue weighted by atomic mass is 9.92. The summed E-state index contributed by atoms with van der Waals surface area (Å²) in [6, 6.07) is 0.756. The minimum Gasteiger partial charge on any atom is -0.314 e. The quantitative estimate of drug-likeness (QED) is 0.466. The van der Waals surface area contributed by atoms with Gasteiger partial charge in [0.2, 0.25) is 0 Å². The van der Waals surface area contributed by atoms with Gasteiger partial charge in [-0.3, -0.25) is 0 Å². The predicted octanol–water partition coefficient (Wildman–Crippen LogP) is 5.15. The summed E-state index contributed by atoms with van der Waals surface area (Å²) in [6.45, 7) is 10.3. The first kappa shape index (κ1) is 17.0. The molecule has 104 valence electrons. The van der Waals surface area contributed by atoms with Crippen LogP contribution in [0.25, 0.3) is 0 Å². The summed E-state index contributed by atoms with van der Waals surface area (Å²) in [7, 11) is 0. The van der Waals surface area contributed by atoms with Gasteiger partial charge < -0.3 is 5.32 Å². The van der Waals surface area contributed by atoms with Crippen LogP contribution in [-0.2, 0) is 0 Å². The molecule has 0 rings (SSSR count). The van der Waals surface area contributed by atoms with E-state index < -0.39 is 0 Å². The summed E-state index contributed by atoms with van der Waals surface area (Å²) in [5.41, 5.74) is 0. The van der Waals surface area contributed by atoms with Crippen LogP contribution in [0.1, 0.15) is 85.5 Å². The summed E-state index contributed by atoms with van der Waals surface area (Å²) in [4.78, 5) is 0. The SMILES string of the molecule is CCCCCCCCC(NCC)C(C)CCC. The van der Waals surface area contributed by atoms with Crippen molar-refractivity contribution in [1.82, 2.24) is 5.32 Å². The van der Waals surface area contributed by atoms with Gasteiger partial charge in [0, 0.05) is 6.04 Å². The highest BCUT2D eigenvalue weighted by molar-refractivity contribution is 4.72. The molecule has 0 aromatic heterocycles. The van der Waals surface area contributed by atoms with E-state index >= 15 is 0 Å². The third kappa shape index (κ3) is 9.64. The van der Waals surface area contributed by atoms with Gasteiger partial charge in [-0.2, -0.15) is 0 Å². The van der Waals surface area contributed by atoms with E-state index in [-0.39, 0.29) is 0 Å². The number of hydrogen-bond acceptors (Lipinski definition) is 1. The van der Waals surface area contributed by atoms with Crippen molar-refractivity contribution in [2.75, 3.05) is 6.54 Å². The van der Waals surface area contributed by atoms with Crippen molar-refractivity contribution in [2.45, 2.75) is 91.5 Å². The van der Waals surface area contributed by atoms with Crippen LogP contribution >= 0.6 is 0 Å². The molecular formula is C16H35N. The van der Waals surface area contributed by atoms with E-state index in [9.17, 15) is 0 Å². The van der Waals surface area contributed by atoms with Crippen LogP contribution in [0.15, 0.2) is 0 Å². The van der Waals surface area contributed by atoms with Crippen LogP contribution in [0.4, 0.5) is 0 Å². The zero-order valence-electron chi connectivity index (χ0n) is 12.7. The van der Waals surface area contributed by atoms with E-state index in [1.54, 1.807) is 0 Å². The Bertz CT molecular complexity index is 144. The lowest BCUT2D eigenvalue weighted by Gasteiger charge is -2.24. The van der Waals surface area contributed by atoms with Crippen LogP contribution < -0.4 is 5.32 Å². The Morgan fingerprint density at radius 3 is 2.00 bits per heavy atom. The number of unbranched alkanes of at least 4 members (excludes halogenated alkanes) is 5. The number of hydrogen-bond donors (Lipinski definition) is 1. The lowest BCUT2D eigenvalue weighted by molar-refractivity contribution is 0.332. The van der Waals surface area contributed by atoms with Crippen LogP contribution in [0.3, 0.4) is 0 Å². The Hall–Kier alpha value is -0.0400. The Balaban J connectivity index is 3.61. The van der Waals surface area contributed by atoms with Gasteiger partial charge in [-0.1, -0.05) is 72.6 Å². The molecule has 17 heavy (non-hydrogen) atoms. The predicted molar refractivity (Wildman–Crippen MR) is 79.5 cm³/mol. The molecule has 0 fully saturated rings. The molecule has 1 N–H and O–H groups in total. The van der Waals surface area contributed by atoms with Crippen molar-refractivity contribution in [2.24, 2.45) is 5.92 Å². The van der Waals surface area contributed by atoms with Crippen molar-refractivity contribution in [3.63, 3.8) is 0 Å². The Labute approximate surface area is 110 Å². The first-order valence-electron chi connectivity index (χ1n) is 7.99. The molecule has 0 aliphatic heterocycles. The molecule has 1 heteroatoms. The summed E-state index contributed by atoms with van der Waals surface area (Å²) in [5, 5.41) is 3.67. The number of rotatable bonds is 12. The number of nitrogens with one attached hydrogen (secondary N) is 1. The molecule has 0 aromatic carbocycles. The fraction of sp³-hybridized carbons (Fsp3) is 1.00. The highest BCUT2D eigenvalue weighted by Gasteiger charge is 2.14. The topological polar surface area (TPSA) is 12.0 Å². The van der Waals surface area contributed by atoms with Gasteiger partial charge in [0.1, 0.15) is 0 Å². The van der Waals surface area contributed by atoms with Crippen LogP contribution in [0, 0.1) is 5.92 Å². The third-order valence-corrected chi connectivity index (χ3v) is 3.77. The van der Waals surface area contributed by atoms with Crippen molar-refractivity contribution in [3.8, 4) is 0 Å². The average molecular weight is 241 g/mol. The largest absolute Gasteiger partial charge is 0.314 e. The summed E-state index contributed by atoms with van der Waals surface area (Å²) in [5.74, 6) is 0.843. The normalized spacial score (nSPS) is 14.8. The van der Waals surface area contributed by atoms with E-state index in [1.807, 2.05) is 0 Å². The Kier molecular flexibility index (Phi) is 12.4. The van der Waals surface area contributed by atoms with Crippen molar-refractivity contribution in [3.05, 3.63) is 0 Å². The van der Waals surface area contributed by atoms with Gasteiger partial charge in [0.05, 0.1) is 0 Å². The first-order valence-corrected chi connectivity index (χ1v) is 7.99. The second kappa shape index (κ2) is 12.4. The third-order valence-electron chi connectivity index (χ3n) is 3.77. The van der Waals surface area contributed by atoms with Crippen LogP contribution in [0.2, 0.25) is 0 Å². The standard InChI is InChI=1S/C16H35N/c1-5-8-9-10-11-12-14-16(17-7-3)15(4)13-6-2/h15-17H,5-14H2,1-4H3. The minimum atomic E-state index is 0.756. The Morgan fingerprint density at radius 2 is 1.41 bits per heavy atom. The molecule has 0 amide bonds. The highest BCUT2D eigenvalue weighted by Crippen LogP contribution is 2.17. The van der Waals surface area contributed by atoms with Gasteiger partial charge in [0.25, 0.3) is 0 Å². The smallest absolute Gasteiger partial charge is 0.00925 e. The maximum absolute atomic E-state index is 3.67. The monoisotopic (exact) mass is 241 g/mol. The molecule has 0 saturated heterocycles. The summed E-state index contributed by atoms with van der Waals surface area (Å²) < 4.78 is 0. The van der Waals surface area contributed by atoms with Gasteiger partial charge in [0.15, 0.2) is 0 Å². The van der Waals surface area contributed by atoms with Crippen LogP contribution in [-0.4, -0.2) is 12.6 Å². The zero-order chi connectivity index (χ0) is 12.9. The molecule has 0 aliphatic carbocycles. The second-order valence-electron chi connectivity index (χ2n) is 5.49. The maximum Gasteiger partial charge on any atom is 0.00925 e. The Morgan fingerprint density at radius 1 is 0.765 bits per heavy atom.